The summed E-state index contributed by atoms with van der Waals surface area (Å²) >= 11 is 0. The minimum atomic E-state index is -3.17. The van der Waals surface area contributed by atoms with Crippen molar-refractivity contribution in [1.82, 2.24) is 9.62 Å². The van der Waals surface area contributed by atoms with Crippen LogP contribution in [0, 0.1) is 17.7 Å². The lowest BCUT2D eigenvalue weighted by atomic mass is 9.85. The standard InChI is InChI=1S/C26H33FN2O2S/c27-24-4-1-3-21(13-24)15-26-23(17-29-11-2-12-29)16-22-8-7-19(14-25(22)26)9-10-28-32(30,31)18-20-5-6-20/h1,3-4,7-8,13-14,20,23,26,28H,2,5-6,9-12,15-18H2. The van der Waals surface area contributed by atoms with E-state index in [4.69, 9.17) is 0 Å². The van der Waals surface area contributed by atoms with Crippen LogP contribution in [0.4, 0.5) is 4.39 Å². The lowest BCUT2D eigenvalue weighted by Gasteiger charge is -2.35. The minimum absolute atomic E-state index is 0.174. The molecule has 1 N–H and O–H groups in total. The molecule has 5 rings (SSSR count). The average molecular weight is 457 g/mol. The van der Waals surface area contributed by atoms with Crippen LogP contribution in [0.2, 0.25) is 0 Å². The Morgan fingerprint density at radius 2 is 1.91 bits per heavy atom. The van der Waals surface area contributed by atoms with Crippen LogP contribution in [-0.4, -0.2) is 45.2 Å². The van der Waals surface area contributed by atoms with Crippen LogP contribution in [0.5, 0.6) is 0 Å². The molecule has 1 heterocycles. The van der Waals surface area contributed by atoms with E-state index in [1.54, 1.807) is 12.1 Å². The van der Waals surface area contributed by atoms with Crippen LogP contribution in [0.15, 0.2) is 42.5 Å². The van der Waals surface area contributed by atoms with Crippen LogP contribution in [0.3, 0.4) is 0 Å². The van der Waals surface area contributed by atoms with Crippen LogP contribution >= 0.6 is 0 Å². The van der Waals surface area contributed by atoms with Crippen molar-refractivity contribution < 1.29 is 12.8 Å². The summed E-state index contributed by atoms with van der Waals surface area (Å²) in [5.74, 6) is 1.37. The van der Waals surface area contributed by atoms with Gasteiger partial charge in [0, 0.05) is 13.1 Å². The van der Waals surface area contributed by atoms with E-state index in [1.807, 2.05) is 6.07 Å². The van der Waals surface area contributed by atoms with Crippen molar-refractivity contribution in [2.75, 3.05) is 31.9 Å². The van der Waals surface area contributed by atoms with E-state index < -0.39 is 10.0 Å². The number of halogens is 1. The molecule has 2 fully saturated rings. The molecule has 0 aromatic heterocycles. The van der Waals surface area contributed by atoms with Crippen molar-refractivity contribution in [3.8, 4) is 0 Å². The summed E-state index contributed by atoms with van der Waals surface area (Å²) in [5, 5.41) is 0. The molecule has 1 aliphatic heterocycles. The number of sulfonamides is 1. The zero-order valence-electron chi connectivity index (χ0n) is 18.6. The summed E-state index contributed by atoms with van der Waals surface area (Å²) in [5.41, 5.74) is 4.99. The van der Waals surface area contributed by atoms with Crippen molar-refractivity contribution in [3.63, 3.8) is 0 Å². The van der Waals surface area contributed by atoms with E-state index in [-0.39, 0.29) is 11.6 Å². The molecule has 2 atom stereocenters. The number of hydrogen-bond donors (Lipinski definition) is 1. The number of benzene rings is 2. The fourth-order valence-electron chi connectivity index (χ4n) is 5.30. The second-order valence-electron chi connectivity index (χ2n) is 9.96. The number of nitrogens with zero attached hydrogens (tertiary/aromatic N) is 1. The molecule has 0 radical (unpaired) electrons. The first-order valence-electron chi connectivity index (χ1n) is 12.0. The number of nitrogens with one attached hydrogen (secondary N) is 1. The maximum Gasteiger partial charge on any atom is 0.211 e. The molecule has 0 spiro atoms. The van der Waals surface area contributed by atoms with E-state index in [1.165, 1.54) is 42.3 Å². The number of hydrogen-bond acceptors (Lipinski definition) is 3. The molecule has 2 aliphatic carbocycles. The lowest BCUT2D eigenvalue weighted by Crippen LogP contribution is -2.41. The van der Waals surface area contributed by atoms with E-state index in [0.29, 0.717) is 30.7 Å². The Kier molecular flexibility index (Phi) is 6.37. The summed E-state index contributed by atoms with van der Waals surface area (Å²) in [4.78, 5) is 2.53. The molecular formula is C26H33FN2O2S. The van der Waals surface area contributed by atoms with E-state index >= 15 is 0 Å². The van der Waals surface area contributed by atoms with Crippen LogP contribution < -0.4 is 4.72 Å². The Balaban J connectivity index is 1.29. The molecule has 172 valence electrons. The van der Waals surface area contributed by atoms with Gasteiger partial charge in [0.15, 0.2) is 0 Å². The Labute approximate surface area is 191 Å². The third-order valence-electron chi connectivity index (χ3n) is 7.33. The second kappa shape index (κ2) is 9.24. The Bertz CT molecular complexity index is 1060. The SMILES string of the molecule is O=S(=O)(CC1CC1)NCCc1ccc2c(c1)C(Cc1cccc(F)c1)C(CN1CCC1)C2. The van der Waals surface area contributed by atoms with Gasteiger partial charge in [-0.15, -0.1) is 0 Å². The van der Waals surface area contributed by atoms with Crippen molar-refractivity contribution >= 4 is 10.0 Å². The summed E-state index contributed by atoms with van der Waals surface area (Å²) in [6, 6.07) is 13.7. The lowest BCUT2D eigenvalue weighted by molar-refractivity contribution is 0.145. The third-order valence-corrected chi connectivity index (χ3v) is 8.89. The Morgan fingerprint density at radius 1 is 1.06 bits per heavy atom. The second-order valence-corrected chi connectivity index (χ2v) is 11.8. The smallest absolute Gasteiger partial charge is 0.211 e. The molecule has 0 bridgehead atoms. The molecule has 2 unspecified atom stereocenters. The van der Waals surface area contributed by atoms with Gasteiger partial charge in [-0.2, -0.15) is 0 Å². The Hall–Kier alpha value is -1.76. The van der Waals surface area contributed by atoms with Gasteiger partial charge in [0.1, 0.15) is 5.82 Å². The van der Waals surface area contributed by atoms with E-state index in [2.05, 4.69) is 27.8 Å². The van der Waals surface area contributed by atoms with Crippen molar-refractivity contribution in [3.05, 3.63) is 70.5 Å². The minimum Gasteiger partial charge on any atom is -0.303 e. The van der Waals surface area contributed by atoms with Gasteiger partial charge >= 0.3 is 0 Å². The maximum absolute atomic E-state index is 13.8. The quantitative estimate of drug-likeness (QED) is 0.590. The summed E-state index contributed by atoms with van der Waals surface area (Å²) in [6.07, 6.45) is 5.98. The van der Waals surface area contributed by atoms with Crippen LogP contribution in [0.25, 0.3) is 0 Å². The van der Waals surface area contributed by atoms with E-state index in [9.17, 15) is 12.8 Å². The van der Waals surface area contributed by atoms with Crippen molar-refractivity contribution in [2.24, 2.45) is 11.8 Å². The molecule has 0 amide bonds. The average Bonchev–Trinajstić information content (AvgIpc) is 3.45. The largest absolute Gasteiger partial charge is 0.303 e. The highest BCUT2D eigenvalue weighted by Gasteiger charge is 2.35. The fourth-order valence-corrected chi connectivity index (χ4v) is 6.78. The zero-order chi connectivity index (χ0) is 22.1. The van der Waals surface area contributed by atoms with Gasteiger partial charge in [-0.1, -0.05) is 30.3 Å². The molecule has 2 aromatic rings. The van der Waals surface area contributed by atoms with Gasteiger partial charge in [0.05, 0.1) is 5.75 Å². The molecule has 6 heteroatoms. The first kappa shape index (κ1) is 22.1. The van der Waals surface area contributed by atoms with Crippen molar-refractivity contribution in [1.29, 1.82) is 0 Å². The molecule has 1 saturated heterocycles. The maximum atomic E-state index is 13.8. The van der Waals surface area contributed by atoms with Gasteiger partial charge < -0.3 is 4.90 Å². The highest BCUT2D eigenvalue weighted by atomic mass is 32.2. The van der Waals surface area contributed by atoms with E-state index in [0.717, 1.165) is 37.8 Å². The molecule has 2 aromatic carbocycles. The molecule has 3 aliphatic rings. The number of likely N-dealkylation sites (tertiary alicyclic amines) is 1. The van der Waals surface area contributed by atoms with Crippen LogP contribution in [-0.2, 0) is 29.3 Å². The highest BCUT2D eigenvalue weighted by Crippen LogP contribution is 2.41. The topological polar surface area (TPSA) is 49.4 Å². The fraction of sp³-hybridized carbons (Fsp3) is 0.538. The van der Waals surface area contributed by atoms with Crippen LogP contribution in [0.1, 0.15) is 47.4 Å². The zero-order valence-corrected chi connectivity index (χ0v) is 19.4. The van der Waals surface area contributed by atoms with Gasteiger partial charge in [0.2, 0.25) is 10.0 Å². The summed E-state index contributed by atoms with van der Waals surface area (Å²) < 4.78 is 41.0. The van der Waals surface area contributed by atoms with Gasteiger partial charge in [-0.3, -0.25) is 0 Å². The van der Waals surface area contributed by atoms with Gasteiger partial charge in [0.25, 0.3) is 0 Å². The first-order valence-corrected chi connectivity index (χ1v) is 13.7. The monoisotopic (exact) mass is 456 g/mol. The molecular weight excluding hydrogens is 423 g/mol. The predicted molar refractivity (Wildman–Crippen MR) is 126 cm³/mol. The molecule has 1 saturated carbocycles. The Morgan fingerprint density at radius 3 is 2.62 bits per heavy atom. The highest BCUT2D eigenvalue weighted by molar-refractivity contribution is 7.89. The third kappa shape index (κ3) is 5.41. The number of rotatable bonds is 10. The molecule has 32 heavy (non-hydrogen) atoms. The predicted octanol–water partition coefficient (Wildman–Crippen LogP) is 3.90. The normalized spacial score (nSPS) is 23.2. The van der Waals surface area contributed by atoms with Gasteiger partial charge in [-0.25, -0.2) is 17.5 Å². The van der Waals surface area contributed by atoms with Gasteiger partial charge in [-0.05, 0) is 104 Å². The number of fused-ring (bicyclic) bond motifs is 1. The molecule has 4 nitrogen and oxygen atoms in total. The first-order chi connectivity index (χ1) is 15.4. The summed E-state index contributed by atoms with van der Waals surface area (Å²) in [7, 11) is -3.17. The van der Waals surface area contributed by atoms with Crippen molar-refractivity contribution in [2.45, 2.75) is 44.4 Å². The summed E-state index contributed by atoms with van der Waals surface area (Å²) in [6.45, 7) is 3.92.